The molecule has 25 heavy (non-hydrogen) atoms. The van der Waals surface area contributed by atoms with Gasteiger partial charge in [0, 0.05) is 44.8 Å². The van der Waals surface area contributed by atoms with Gasteiger partial charge in [0.15, 0.2) is 0 Å². The fraction of sp³-hybridized carbons (Fsp3) is 0.400. The van der Waals surface area contributed by atoms with Gasteiger partial charge < -0.3 is 9.47 Å². The van der Waals surface area contributed by atoms with Crippen LogP contribution in [0.15, 0.2) is 42.5 Å². The Morgan fingerprint density at radius 2 is 1.60 bits per heavy atom. The molecule has 0 unspecified atom stereocenters. The zero-order valence-electron chi connectivity index (χ0n) is 14.9. The smallest absolute Gasteiger partial charge is 0.123 e. The summed E-state index contributed by atoms with van der Waals surface area (Å²) in [5.74, 6) is 1.57. The minimum Gasteiger partial charge on any atom is -0.497 e. The fourth-order valence-corrected chi connectivity index (χ4v) is 3.25. The topological polar surface area (TPSA) is 24.9 Å². The molecule has 0 aliphatic carbocycles. The van der Waals surface area contributed by atoms with Crippen molar-refractivity contribution in [1.29, 1.82) is 0 Å². The maximum absolute atomic E-state index is 13.3. The first-order chi connectivity index (χ1) is 12.2. The molecule has 0 aromatic heterocycles. The van der Waals surface area contributed by atoms with Crippen molar-refractivity contribution in [2.45, 2.75) is 13.1 Å². The van der Waals surface area contributed by atoms with E-state index in [0.717, 1.165) is 61.9 Å². The second-order valence-corrected chi connectivity index (χ2v) is 6.36. The van der Waals surface area contributed by atoms with Crippen molar-refractivity contribution in [3.63, 3.8) is 0 Å². The molecule has 2 aromatic carbocycles. The van der Waals surface area contributed by atoms with Gasteiger partial charge in [-0.2, -0.15) is 0 Å². The number of hydrogen-bond acceptors (Lipinski definition) is 4. The van der Waals surface area contributed by atoms with Crippen LogP contribution in [0.25, 0.3) is 0 Å². The van der Waals surface area contributed by atoms with E-state index in [1.807, 2.05) is 24.3 Å². The highest BCUT2D eigenvalue weighted by molar-refractivity contribution is 5.40. The number of ether oxygens (including phenoxy) is 2. The van der Waals surface area contributed by atoms with Crippen LogP contribution in [0.1, 0.15) is 11.1 Å². The molecule has 1 aliphatic rings. The maximum Gasteiger partial charge on any atom is 0.123 e. The third-order valence-corrected chi connectivity index (χ3v) is 4.64. The Hall–Kier alpha value is -2.11. The van der Waals surface area contributed by atoms with Crippen molar-refractivity contribution in [2.75, 3.05) is 40.4 Å². The Morgan fingerprint density at radius 3 is 2.24 bits per heavy atom. The van der Waals surface area contributed by atoms with Crippen molar-refractivity contribution in [1.82, 2.24) is 9.80 Å². The van der Waals surface area contributed by atoms with E-state index in [1.54, 1.807) is 26.4 Å². The highest BCUT2D eigenvalue weighted by atomic mass is 19.1. The average molecular weight is 344 g/mol. The Morgan fingerprint density at radius 1 is 0.880 bits per heavy atom. The van der Waals surface area contributed by atoms with Crippen LogP contribution in [-0.4, -0.2) is 50.2 Å². The molecule has 1 fully saturated rings. The second-order valence-electron chi connectivity index (χ2n) is 6.36. The summed E-state index contributed by atoms with van der Waals surface area (Å²) < 4.78 is 24.1. The predicted octanol–water partition coefficient (Wildman–Crippen LogP) is 3.16. The molecule has 0 radical (unpaired) electrons. The predicted molar refractivity (Wildman–Crippen MR) is 96.5 cm³/mol. The molecular formula is C20H25FN2O2. The monoisotopic (exact) mass is 344 g/mol. The summed E-state index contributed by atoms with van der Waals surface area (Å²) in [7, 11) is 3.37. The van der Waals surface area contributed by atoms with Crippen LogP contribution in [0.4, 0.5) is 4.39 Å². The molecule has 0 bridgehead atoms. The van der Waals surface area contributed by atoms with Gasteiger partial charge in [0.05, 0.1) is 14.2 Å². The van der Waals surface area contributed by atoms with Gasteiger partial charge >= 0.3 is 0 Å². The highest BCUT2D eigenvalue weighted by Gasteiger charge is 2.18. The lowest BCUT2D eigenvalue weighted by molar-refractivity contribution is 0.121. The Balaban J connectivity index is 1.56. The SMILES string of the molecule is COc1ccc(OC)c(CN2CCN(Cc3cccc(F)c3)CC2)c1. The van der Waals surface area contributed by atoms with E-state index in [9.17, 15) is 4.39 Å². The first-order valence-electron chi connectivity index (χ1n) is 8.58. The van der Waals surface area contributed by atoms with Crippen LogP contribution in [0, 0.1) is 5.82 Å². The number of methoxy groups -OCH3 is 2. The van der Waals surface area contributed by atoms with E-state index in [1.165, 1.54) is 6.07 Å². The lowest BCUT2D eigenvalue weighted by Gasteiger charge is -2.35. The summed E-state index contributed by atoms with van der Waals surface area (Å²) in [5.41, 5.74) is 2.17. The van der Waals surface area contributed by atoms with Crippen LogP contribution in [0.3, 0.4) is 0 Å². The molecule has 0 spiro atoms. The Bertz CT molecular complexity index is 700. The zero-order chi connectivity index (χ0) is 17.6. The van der Waals surface area contributed by atoms with Gasteiger partial charge in [-0.25, -0.2) is 4.39 Å². The minimum absolute atomic E-state index is 0.166. The van der Waals surface area contributed by atoms with E-state index in [4.69, 9.17) is 9.47 Å². The van der Waals surface area contributed by atoms with E-state index >= 15 is 0 Å². The van der Waals surface area contributed by atoms with E-state index < -0.39 is 0 Å². The number of hydrogen-bond donors (Lipinski definition) is 0. The molecule has 0 N–H and O–H groups in total. The van der Waals surface area contributed by atoms with E-state index in [-0.39, 0.29) is 5.82 Å². The van der Waals surface area contributed by atoms with Crippen molar-refractivity contribution < 1.29 is 13.9 Å². The van der Waals surface area contributed by atoms with Crippen LogP contribution in [0.5, 0.6) is 11.5 Å². The van der Waals surface area contributed by atoms with Gasteiger partial charge in [0.25, 0.3) is 0 Å². The quantitative estimate of drug-likeness (QED) is 0.804. The normalized spacial score (nSPS) is 16.0. The van der Waals surface area contributed by atoms with Crippen LogP contribution >= 0.6 is 0 Å². The molecule has 0 atom stereocenters. The third kappa shape index (κ3) is 4.71. The molecule has 4 nitrogen and oxygen atoms in total. The van der Waals surface area contributed by atoms with Gasteiger partial charge in [0.2, 0.25) is 0 Å². The number of nitrogens with zero attached hydrogens (tertiary/aromatic N) is 2. The first-order valence-corrected chi connectivity index (χ1v) is 8.58. The summed E-state index contributed by atoms with van der Waals surface area (Å²) in [6, 6.07) is 12.8. The molecule has 134 valence electrons. The molecular weight excluding hydrogens is 319 g/mol. The molecule has 1 saturated heterocycles. The number of piperazine rings is 1. The number of benzene rings is 2. The van der Waals surface area contributed by atoms with Crippen molar-refractivity contribution in [3.8, 4) is 11.5 Å². The standard InChI is InChI=1S/C20H25FN2O2/c1-24-19-6-7-20(25-2)17(13-19)15-23-10-8-22(9-11-23)14-16-4-3-5-18(21)12-16/h3-7,12-13H,8-11,14-15H2,1-2H3. The summed E-state index contributed by atoms with van der Waals surface area (Å²) in [6.07, 6.45) is 0. The molecule has 3 rings (SSSR count). The van der Waals surface area contributed by atoms with Crippen molar-refractivity contribution in [2.24, 2.45) is 0 Å². The number of rotatable bonds is 6. The van der Waals surface area contributed by atoms with Crippen LogP contribution in [-0.2, 0) is 13.1 Å². The molecule has 2 aromatic rings. The first kappa shape index (κ1) is 17.7. The minimum atomic E-state index is -0.166. The average Bonchev–Trinajstić information content (AvgIpc) is 2.63. The summed E-state index contributed by atoms with van der Waals surface area (Å²) >= 11 is 0. The number of halogens is 1. The molecule has 1 heterocycles. The second kappa shape index (κ2) is 8.32. The Kier molecular flexibility index (Phi) is 5.89. The van der Waals surface area contributed by atoms with Crippen LogP contribution in [0.2, 0.25) is 0 Å². The molecule has 0 saturated carbocycles. The Labute approximate surface area is 148 Å². The summed E-state index contributed by atoms with van der Waals surface area (Å²) in [6.45, 7) is 5.55. The lowest BCUT2D eigenvalue weighted by atomic mass is 10.1. The lowest BCUT2D eigenvalue weighted by Crippen LogP contribution is -2.45. The zero-order valence-corrected chi connectivity index (χ0v) is 14.9. The van der Waals surface area contributed by atoms with E-state index in [0.29, 0.717) is 0 Å². The fourth-order valence-electron chi connectivity index (χ4n) is 3.25. The van der Waals surface area contributed by atoms with Gasteiger partial charge in [-0.1, -0.05) is 12.1 Å². The summed E-state index contributed by atoms with van der Waals surface area (Å²) in [4.78, 5) is 4.79. The molecule has 1 aliphatic heterocycles. The van der Waals surface area contributed by atoms with Gasteiger partial charge in [-0.05, 0) is 35.9 Å². The van der Waals surface area contributed by atoms with Crippen molar-refractivity contribution >= 4 is 0 Å². The van der Waals surface area contributed by atoms with Crippen molar-refractivity contribution in [3.05, 3.63) is 59.4 Å². The highest BCUT2D eigenvalue weighted by Crippen LogP contribution is 2.25. The van der Waals surface area contributed by atoms with E-state index in [2.05, 4.69) is 9.80 Å². The van der Waals surface area contributed by atoms with Crippen LogP contribution < -0.4 is 9.47 Å². The molecule has 0 amide bonds. The third-order valence-electron chi connectivity index (χ3n) is 4.64. The van der Waals surface area contributed by atoms with Gasteiger partial charge in [-0.15, -0.1) is 0 Å². The van der Waals surface area contributed by atoms with Gasteiger partial charge in [0.1, 0.15) is 17.3 Å². The largest absolute Gasteiger partial charge is 0.497 e. The summed E-state index contributed by atoms with van der Waals surface area (Å²) in [5, 5.41) is 0. The van der Waals surface area contributed by atoms with Gasteiger partial charge in [-0.3, -0.25) is 9.80 Å². The maximum atomic E-state index is 13.3. The molecule has 5 heteroatoms.